The van der Waals surface area contributed by atoms with Gasteiger partial charge in [0.2, 0.25) is 0 Å². The molecule has 0 radical (unpaired) electrons. The summed E-state index contributed by atoms with van der Waals surface area (Å²) in [5, 5.41) is 0. The zero-order chi connectivity index (χ0) is 18.8. The molecule has 0 aromatic rings. The molecule has 25 heavy (non-hydrogen) atoms. The maximum Gasteiger partial charge on any atom is 0.327 e. The summed E-state index contributed by atoms with van der Waals surface area (Å²) in [6.07, 6.45) is 4.60. The van der Waals surface area contributed by atoms with Gasteiger partial charge in [-0.1, -0.05) is 13.8 Å². The minimum Gasteiger partial charge on any atom is -0.309 e. The fraction of sp³-hybridized carbons (Fsp3) is 0.895. The van der Waals surface area contributed by atoms with Crippen molar-refractivity contribution in [3.63, 3.8) is 0 Å². The standard InChI is InChI=1S/C19H35N3O2S/c1-14(2)7-10-21-18(24)22(15(3)4)17(23)19(21)8-11-20(12-9-19)16(5)13-25-6/h14-16H,7-13H2,1-6H3/t16-/m1/s1. The van der Waals surface area contributed by atoms with Crippen LogP contribution in [0.25, 0.3) is 0 Å². The fourth-order valence-electron chi connectivity index (χ4n) is 4.06. The van der Waals surface area contributed by atoms with Gasteiger partial charge in [0, 0.05) is 37.5 Å². The highest BCUT2D eigenvalue weighted by Crippen LogP contribution is 2.39. The van der Waals surface area contributed by atoms with E-state index >= 15 is 0 Å². The summed E-state index contributed by atoms with van der Waals surface area (Å²) in [4.78, 5) is 32.1. The number of hydrogen-bond donors (Lipinski definition) is 0. The van der Waals surface area contributed by atoms with Crippen LogP contribution in [0.4, 0.5) is 4.79 Å². The van der Waals surface area contributed by atoms with E-state index in [2.05, 4.69) is 31.9 Å². The second kappa shape index (κ2) is 8.30. The number of hydrogen-bond acceptors (Lipinski definition) is 4. The number of carbonyl (C=O) groups excluding carboxylic acids is 2. The van der Waals surface area contributed by atoms with Crippen LogP contribution in [0.3, 0.4) is 0 Å². The van der Waals surface area contributed by atoms with E-state index in [0.29, 0.717) is 18.5 Å². The van der Waals surface area contributed by atoms with Gasteiger partial charge in [0.05, 0.1) is 0 Å². The van der Waals surface area contributed by atoms with Crippen LogP contribution in [0, 0.1) is 5.92 Å². The number of nitrogens with zero attached hydrogens (tertiary/aromatic N) is 3. The zero-order valence-corrected chi connectivity index (χ0v) is 17.6. The Morgan fingerprint density at radius 2 is 1.68 bits per heavy atom. The number of urea groups is 1. The molecule has 2 rings (SSSR count). The molecule has 5 nitrogen and oxygen atoms in total. The van der Waals surface area contributed by atoms with Gasteiger partial charge in [-0.05, 0) is 52.2 Å². The second-order valence-corrected chi connectivity index (χ2v) is 9.17. The van der Waals surface area contributed by atoms with Crippen LogP contribution in [0.5, 0.6) is 0 Å². The van der Waals surface area contributed by atoms with Gasteiger partial charge in [0.1, 0.15) is 5.54 Å². The highest BCUT2D eigenvalue weighted by atomic mass is 32.2. The van der Waals surface area contributed by atoms with Crippen molar-refractivity contribution in [2.45, 2.75) is 71.5 Å². The van der Waals surface area contributed by atoms with Crippen LogP contribution < -0.4 is 0 Å². The molecule has 0 aromatic heterocycles. The SMILES string of the molecule is CSC[C@@H](C)N1CCC2(CC1)C(=O)N(C(C)C)C(=O)N2CCC(C)C. The number of imide groups is 1. The zero-order valence-electron chi connectivity index (χ0n) is 16.7. The van der Waals surface area contributed by atoms with Crippen molar-refractivity contribution < 1.29 is 9.59 Å². The predicted octanol–water partition coefficient (Wildman–Crippen LogP) is 3.29. The smallest absolute Gasteiger partial charge is 0.309 e. The summed E-state index contributed by atoms with van der Waals surface area (Å²) in [6.45, 7) is 12.9. The average molecular weight is 370 g/mol. The van der Waals surface area contributed by atoms with Gasteiger partial charge in [-0.15, -0.1) is 0 Å². The van der Waals surface area contributed by atoms with Crippen LogP contribution in [0.2, 0.25) is 0 Å². The third-order valence-corrected chi connectivity index (χ3v) is 6.49. The van der Waals surface area contributed by atoms with E-state index in [4.69, 9.17) is 0 Å². The van der Waals surface area contributed by atoms with Crippen molar-refractivity contribution in [3.8, 4) is 0 Å². The third-order valence-electron chi connectivity index (χ3n) is 5.67. The summed E-state index contributed by atoms with van der Waals surface area (Å²) in [5.41, 5.74) is -0.605. The lowest BCUT2D eigenvalue weighted by atomic mass is 9.85. The molecule has 2 heterocycles. The minimum absolute atomic E-state index is 0.0356. The molecular weight excluding hydrogens is 334 g/mol. The average Bonchev–Trinajstić information content (AvgIpc) is 2.74. The van der Waals surface area contributed by atoms with Crippen molar-refractivity contribution in [2.24, 2.45) is 5.92 Å². The second-order valence-electron chi connectivity index (χ2n) is 8.26. The van der Waals surface area contributed by atoms with E-state index < -0.39 is 5.54 Å². The molecule has 3 amide bonds. The molecule has 0 aliphatic carbocycles. The highest BCUT2D eigenvalue weighted by molar-refractivity contribution is 7.98. The van der Waals surface area contributed by atoms with Crippen LogP contribution >= 0.6 is 11.8 Å². The van der Waals surface area contributed by atoms with E-state index in [-0.39, 0.29) is 18.0 Å². The molecule has 2 saturated heterocycles. The van der Waals surface area contributed by atoms with E-state index in [9.17, 15) is 9.59 Å². The van der Waals surface area contributed by atoms with E-state index in [1.165, 1.54) is 4.90 Å². The normalized spacial score (nSPS) is 22.7. The number of thioether (sulfide) groups is 1. The van der Waals surface area contributed by atoms with Crippen molar-refractivity contribution in [2.75, 3.05) is 31.6 Å². The van der Waals surface area contributed by atoms with Gasteiger partial charge in [-0.3, -0.25) is 14.6 Å². The maximum absolute atomic E-state index is 13.2. The van der Waals surface area contributed by atoms with Gasteiger partial charge in [-0.2, -0.15) is 11.8 Å². The summed E-state index contributed by atoms with van der Waals surface area (Å²) in [7, 11) is 0. The van der Waals surface area contributed by atoms with Crippen molar-refractivity contribution in [1.82, 2.24) is 14.7 Å². The Morgan fingerprint density at radius 1 is 1.08 bits per heavy atom. The van der Waals surface area contributed by atoms with E-state index in [1.54, 1.807) is 0 Å². The number of rotatable bonds is 7. The number of amides is 3. The Morgan fingerprint density at radius 3 is 2.16 bits per heavy atom. The lowest BCUT2D eigenvalue weighted by molar-refractivity contribution is -0.137. The Labute approximate surface area is 157 Å². The number of piperidine rings is 1. The molecule has 2 fully saturated rings. The first-order valence-electron chi connectivity index (χ1n) is 9.63. The molecule has 2 aliphatic heterocycles. The van der Waals surface area contributed by atoms with Gasteiger partial charge < -0.3 is 4.90 Å². The molecule has 1 atom stereocenters. The molecule has 2 aliphatic rings. The molecule has 0 N–H and O–H groups in total. The van der Waals surface area contributed by atoms with Crippen LogP contribution in [-0.4, -0.2) is 75.9 Å². The van der Waals surface area contributed by atoms with Crippen LogP contribution in [0.15, 0.2) is 0 Å². The van der Waals surface area contributed by atoms with Crippen molar-refractivity contribution in [1.29, 1.82) is 0 Å². The largest absolute Gasteiger partial charge is 0.327 e. The van der Waals surface area contributed by atoms with Crippen LogP contribution in [0.1, 0.15) is 53.9 Å². The van der Waals surface area contributed by atoms with Crippen molar-refractivity contribution >= 4 is 23.7 Å². The first kappa shape index (κ1) is 20.6. The minimum atomic E-state index is -0.605. The molecule has 1 spiro atoms. The van der Waals surface area contributed by atoms with Gasteiger partial charge in [0.25, 0.3) is 5.91 Å². The molecule has 0 saturated carbocycles. The monoisotopic (exact) mass is 369 g/mol. The topological polar surface area (TPSA) is 43.9 Å². The van der Waals surface area contributed by atoms with Gasteiger partial charge in [0.15, 0.2) is 0 Å². The summed E-state index contributed by atoms with van der Waals surface area (Å²) < 4.78 is 0. The number of carbonyl (C=O) groups is 2. The molecule has 0 aromatic carbocycles. The predicted molar refractivity (Wildman–Crippen MR) is 105 cm³/mol. The first-order valence-corrected chi connectivity index (χ1v) is 11.0. The molecule has 0 unspecified atom stereocenters. The van der Waals surface area contributed by atoms with Gasteiger partial charge in [-0.25, -0.2) is 4.79 Å². The Bertz CT molecular complexity index is 487. The Kier molecular flexibility index (Phi) is 6.82. The van der Waals surface area contributed by atoms with E-state index in [1.807, 2.05) is 30.5 Å². The lowest BCUT2D eigenvalue weighted by Crippen LogP contribution is -2.58. The molecule has 0 bridgehead atoms. The Hall–Kier alpha value is -0.750. The summed E-state index contributed by atoms with van der Waals surface area (Å²) >= 11 is 1.86. The fourth-order valence-corrected chi connectivity index (χ4v) is 4.75. The first-order chi connectivity index (χ1) is 11.7. The molecular formula is C19H35N3O2S. The molecule has 6 heteroatoms. The highest BCUT2D eigenvalue weighted by Gasteiger charge is 2.58. The lowest BCUT2D eigenvalue weighted by Gasteiger charge is -2.44. The van der Waals surface area contributed by atoms with Gasteiger partial charge >= 0.3 is 6.03 Å². The molecule has 144 valence electrons. The number of likely N-dealkylation sites (tertiary alicyclic amines) is 1. The van der Waals surface area contributed by atoms with E-state index in [0.717, 1.165) is 38.1 Å². The maximum atomic E-state index is 13.2. The third kappa shape index (κ3) is 4.00. The quantitative estimate of drug-likeness (QED) is 0.646. The Balaban J connectivity index is 2.20. The summed E-state index contributed by atoms with van der Waals surface area (Å²) in [5.74, 6) is 1.66. The summed E-state index contributed by atoms with van der Waals surface area (Å²) in [6, 6.07) is 0.366. The van der Waals surface area contributed by atoms with Crippen LogP contribution in [-0.2, 0) is 4.79 Å². The van der Waals surface area contributed by atoms with Crippen molar-refractivity contribution in [3.05, 3.63) is 0 Å².